The van der Waals surface area contributed by atoms with E-state index in [0.717, 1.165) is 11.4 Å². The average Bonchev–Trinajstić information content (AvgIpc) is 3.31. The Morgan fingerprint density at radius 1 is 0.688 bits per heavy atom. The molecule has 0 radical (unpaired) electrons. The van der Waals surface area contributed by atoms with Gasteiger partial charge in [0.05, 0.1) is 19.5 Å². The smallest absolute Gasteiger partial charge is 0.0911 e. The molecule has 0 bridgehead atoms. The van der Waals surface area contributed by atoms with Crippen molar-refractivity contribution in [3.05, 3.63) is 131 Å². The van der Waals surface area contributed by atoms with Crippen molar-refractivity contribution in [2.45, 2.75) is 31.3 Å². The highest BCUT2D eigenvalue weighted by atomic mass is 15.4. The van der Waals surface area contributed by atoms with Gasteiger partial charge in [0.15, 0.2) is 0 Å². The Morgan fingerprint density at radius 2 is 1.22 bits per heavy atom. The molecule has 4 aromatic rings. The van der Waals surface area contributed by atoms with Crippen molar-refractivity contribution in [1.29, 1.82) is 0 Å². The zero-order chi connectivity index (χ0) is 22.6. The monoisotopic (exact) mass is 417 g/mol. The molecule has 2 aliphatic rings. The molecule has 0 spiro atoms. The largest absolute Gasteiger partial charge is 0.349 e. The third-order valence-corrected chi connectivity index (χ3v) is 7.35. The summed E-state index contributed by atoms with van der Waals surface area (Å²) in [6, 6.07) is 39.2. The van der Waals surface area contributed by atoms with Gasteiger partial charge in [0.1, 0.15) is 0 Å². The van der Waals surface area contributed by atoms with Crippen LogP contribution in [0.1, 0.15) is 30.5 Å². The fraction of sp³-hybridized carbons (Fsp3) is 0.200. The lowest BCUT2D eigenvalue weighted by Crippen LogP contribution is -2.49. The minimum Gasteiger partial charge on any atom is -0.349 e. The van der Waals surface area contributed by atoms with Gasteiger partial charge in [0.2, 0.25) is 0 Å². The highest BCUT2D eigenvalue weighted by molar-refractivity contribution is 5.76. The zero-order valence-electron chi connectivity index (χ0n) is 19.5. The number of hydrogen-bond acceptors (Lipinski definition) is 2. The standard InChI is InChI=1S/C30H28N2/c1-22-13-9-11-19-27(22)31-21-32-28-20-12-10-18-26(28)30(29(32)23(31)2,24-14-5-3-6-15-24)25-16-7-4-8-17-25/h3-20,23,29H,21H2,1-2H3/t23-,29?/m0/s1/i21D/t21?,23-,29?. The minimum absolute atomic E-state index is 0.0850. The fourth-order valence-electron chi connectivity index (χ4n) is 6.03. The predicted molar refractivity (Wildman–Crippen MR) is 133 cm³/mol. The van der Waals surface area contributed by atoms with Crippen molar-refractivity contribution in [2.24, 2.45) is 0 Å². The first-order valence-corrected chi connectivity index (χ1v) is 11.4. The summed E-state index contributed by atoms with van der Waals surface area (Å²) in [5.74, 6) is 0. The molecule has 2 heteroatoms. The molecule has 0 aliphatic carbocycles. The normalized spacial score (nSPS) is 23.6. The Kier molecular flexibility index (Phi) is 4.11. The molecule has 0 amide bonds. The number of fused-ring (bicyclic) bond motifs is 3. The molecule has 0 aromatic heterocycles. The van der Waals surface area contributed by atoms with E-state index in [1.54, 1.807) is 0 Å². The third-order valence-electron chi connectivity index (χ3n) is 7.35. The van der Waals surface area contributed by atoms with Gasteiger partial charge >= 0.3 is 0 Å². The molecule has 6 rings (SSSR count). The molecule has 0 saturated carbocycles. The zero-order valence-corrected chi connectivity index (χ0v) is 18.5. The van der Waals surface area contributed by atoms with E-state index in [-0.39, 0.29) is 17.5 Å². The van der Waals surface area contributed by atoms with Crippen molar-refractivity contribution >= 4 is 11.4 Å². The van der Waals surface area contributed by atoms with Gasteiger partial charge in [-0.3, -0.25) is 0 Å². The van der Waals surface area contributed by atoms with Gasteiger partial charge in [-0.1, -0.05) is 97.1 Å². The maximum Gasteiger partial charge on any atom is 0.0911 e. The van der Waals surface area contributed by atoms with E-state index in [9.17, 15) is 1.37 Å². The van der Waals surface area contributed by atoms with E-state index in [0.29, 0.717) is 0 Å². The number of nitrogens with zero attached hydrogens (tertiary/aromatic N) is 2. The molecular formula is C30H28N2. The van der Waals surface area contributed by atoms with E-state index in [1.165, 1.54) is 22.3 Å². The highest BCUT2D eigenvalue weighted by Gasteiger charge is 2.59. The summed E-state index contributed by atoms with van der Waals surface area (Å²) in [5.41, 5.74) is 7.01. The summed E-state index contributed by atoms with van der Waals surface area (Å²) < 4.78 is 9.47. The average molecular weight is 418 g/mol. The second-order valence-electron chi connectivity index (χ2n) is 8.96. The van der Waals surface area contributed by atoms with Crippen LogP contribution in [0.5, 0.6) is 0 Å². The van der Waals surface area contributed by atoms with E-state index in [2.05, 4.69) is 133 Å². The van der Waals surface area contributed by atoms with Gasteiger partial charge in [-0.15, -0.1) is 0 Å². The Morgan fingerprint density at radius 3 is 1.84 bits per heavy atom. The van der Waals surface area contributed by atoms with Crippen LogP contribution < -0.4 is 9.80 Å². The fourth-order valence-corrected chi connectivity index (χ4v) is 6.03. The summed E-state index contributed by atoms with van der Waals surface area (Å²) in [6.07, 6.45) is 0. The van der Waals surface area contributed by atoms with Crippen LogP contribution in [0.4, 0.5) is 11.4 Å². The van der Waals surface area contributed by atoms with Crippen molar-refractivity contribution in [3.8, 4) is 0 Å². The maximum absolute atomic E-state index is 9.47. The summed E-state index contributed by atoms with van der Waals surface area (Å²) in [5, 5.41) is 0. The van der Waals surface area contributed by atoms with Gasteiger partial charge < -0.3 is 9.80 Å². The first kappa shape index (κ1) is 18.1. The molecule has 2 nitrogen and oxygen atoms in total. The molecule has 158 valence electrons. The Balaban J connectivity index is 1.66. The van der Waals surface area contributed by atoms with Crippen LogP contribution in [-0.2, 0) is 5.41 Å². The molecule has 4 aromatic carbocycles. The van der Waals surface area contributed by atoms with Crippen LogP contribution in [0.3, 0.4) is 0 Å². The second-order valence-corrected chi connectivity index (χ2v) is 8.96. The number of hydrogen-bond donors (Lipinski definition) is 0. The van der Waals surface area contributed by atoms with E-state index < -0.39 is 6.64 Å². The van der Waals surface area contributed by atoms with Gasteiger partial charge in [-0.05, 0) is 48.2 Å². The van der Waals surface area contributed by atoms with Crippen LogP contribution >= 0.6 is 0 Å². The molecule has 3 atom stereocenters. The summed E-state index contributed by atoms with van der Waals surface area (Å²) in [6.45, 7) is 3.94. The van der Waals surface area contributed by atoms with Crippen LogP contribution in [0.25, 0.3) is 0 Å². The number of anilines is 2. The van der Waals surface area contributed by atoms with Crippen molar-refractivity contribution in [2.75, 3.05) is 16.4 Å². The van der Waals surface area contributed by atoms with E-state index in [1.807, 2.05) is 0 Å². The number of aryl methyl sites for hydroxylation is 1. The molecule has 32 heavy (non-hydrogen) atoms. The quantitative estimate of drug-likeness (QED) is 0.381. The van der Waals surface area contributed by atoms with Crippen LogP contribution in [0.2, 0.25) is 0 Å². The lowest BCUT2D eigenvalue weighted by Gasteiger charge is -2.40. The van der Waals surface area contributed by atoms with Gasteiger partial charge in [-0.25, -0.2) is 0 Å². The van der Waals surface area contributed by atoms with Crippen LogP contribution in [0, 0.1) is 6.92 Å². The molecule has 1 fully saturated rings. The lowest BCUT2D eigenvalue weighted by molar-refractivity contribution is 0.470. The van der Waals surface area contributed by atoms with Crippen LogP contribution in [0.15, 0.2) is 109 Å². The molecular weight excluding hydrogens is 388 g/mol. The Labute approximate surface area is 192 Å². The number of benzene rings is 4. The van der Waals surface area contributed by atoms with Gasteiger partial charge in [0.25, 0.3) is 0 Å². The molecule has 0 N–H and O–H groups in total. The second kappa shape index (κ2) is 7.27. The summed E-state index contributed by atoms with van der Waals surface area (Å²) >= 11 is 0. The Bertz CT molecular complexity index is 1250. The molecule has 2 heterocycles. The van der Waals surface area contributed by atoms with Crippen molar-refractivity contribution in [3.63, 3.8) is 0 Å². The Hall–Kier alpha value is -3.52. The SMILES string of the molecule is [2H]C1N2c3ccccc3C(c3ccccc3)(c3ccccc3)C2[C@H](C)N1c1ccccc1C. The van der Waals surface area contributed by atoms with E-state index >= 15 is 0 Å². The first-order chi connectivity index (χ1) is 16.2. The number of para-hydroxylation sites is 2. The molecule has 1 saturated heterocycles. The third kappa shape index (κ3) is 2.53. The number of rotatable bonds is 3. The maximum atomic E-state index is 9.47. The summed E-state index contributed by atoms with van der Waals surface area (Å²) in [4.78, 5) is 4.66. The minimum atomic E-state index is -0.499. The lowest BCUT2D eigenvalue weighted by atomic mass is 9.65. The van der Waals surface area contributed by atoms with E-state index in [4.69, 9.17) is 0 Å². The van der Waals surface area contributed by atoms with Gasteiger partial charge in [0, 0.05) is 17.4 Å². The molecule has 2 unspecified atom stereocenters. The van der Waals surface area contributed by atoms with Crippen LogP contribution in [-0.4, -0.2) is 18.7 Å². The van der Waals surface area contributed by atoms with Crippen molar-refractivity contribution < 1.29 is 1.37 Å². The van der Waals surface area contributed by atoms with Crippen molar-refractivity contribution in [1.82, 2.24) is 0 Å². The molecule has 2 aliphatic heterocycles. The predicted octanol–water partition coefficient (Wildman–Crippen LogP) is 6.38. The summed E-state index contributed by atoms with van der Waals surface area (Å²) in [7, 11) is 0. The topological polar surface area (TPSA) is 6.48 Å². The highest BCUT2D eigenvalue weighted by Crippen LogP contribution is 2.57. The first-order valence-electron chi connectivity index (χ1n) is 12.0. The van der Waals surface area contributed by atoms with Gasteiger partial charge in [-0.2, -0.15) is 0 Å².